The van der Waals surface area contributed by atoms with Crippen molar-refractivity contribution in [3.63, 3.8) is 0 Å². The van der Waals surface area contributed by atoms with Crippen molar-refractivity contribution in [1.29, 1.82) is 0 Å². The van der Waals surface area contributed by atoms with Gasteiger partial charge in [0.25, 0.3) is 0 Å². The van der Waals surface area contributed by atoms with Crippen LogP contribution in [0.2, 0.25) is 0 Å². The van der Waals surface area contributed by atoms with Crippen molar-refractivity contribution in [2.45, 2.75) is 46.6 Å². The van der Waals surface area contributed by atoms with Crippen LogP contribution in [0.4, 0.5) is 0 Å². The topological polar surface area (TPSA) is 29.5 Å². The standard InChI is InChI=1S/C11H23NO2/c1-6-12(7-2)10(13)8-9-14-11(3,4)5/h6-9H2,1-5H3. The van der Waals surface area contributed by atoms with Crippen molar-refractivity contribution in [2.24, 2.45) is 0 Å². The summed E-state index contributed by atoms with van der Waals surface area (Å²) in [5.74, 6) is 0.180. The molecule has 0 atom stereocenters. The summed E-state index contributed by atoms with van der Waals surface area (Å²) in [6, 6.07) is 0. The molecule has 0 bridgehead atoms. The average molecular weight is 201 g/mol. The maximum atomic E-state index is 11.5. The lowest BCUT2D eigenvalue weighted by Crippen LogP contribution is -2.32. The molecule has 3 heteroatoms. The van der Waals surface area contributed by atoms with E-state index in [-0.39, 0.29) is 11.5 Å². The smallest absolute Gasteiger partial charge is 0.224 e. The lowest BCUT2D eigenvalue weighted by molar-refractivity contribution is -0.133. The van der Waals surface area contributed by atoms with Crippen LogP contribution < -0.4 is 0 Å². The number of hydrogen-bond acceptors (Lipinski definition) is 2. The van der Waals surface area contributed by atoms with E-state index in [0.29, 0.717) is 13.0 Å². The fourth-order valence-corrected chi connectivity index (χ4v) is 1.18. The summed E-state index contributed by atoms with van der Waals surface area (Å²) in [5, 5.41) is 0. The van der Waals surface area contributed by atoms with Gasteiger partial charge in [-0.1, -0.05) is 0 Å². The van der Waals surface area contributed by atoms with Gasteiger partial charge in [0.15, 0.2) is 0 Å². The predicted molar refractivity (Wildman–Crippen MR) is 58.3 cm³/mol. The number of nitrogens with zero attached hydrogens (tertiary/aromatic N) is 1. The van der Waals surface area contributed by atoms with Gasteiger partial charge in [-0.2, -0.15) is 0 Å². The predicted octanol–water partition coefficient (Wildman–Crippen LogP) is 2.06. The summed E-state index contributed by atoms with van der Waals surface area (Å²) in [7, 11) is 0. The van der Waals surface area contributed by atoms with Crippen molar-refractivity contribution in [3.05, 3.63) is 0 Å². The van der Waals surface area contributed by atoms with Gasteiger partial charge in [0.2, 0.25) is 5.91 Å². The summed E-state index contributed by atoms with van der Waals surface area (Å²) < 4.78 is 5.49. The number of carbonyl (C=O) groups excluding carboxylic acids is 1. The molecule has 0 N–H and O–H groups in total. The fraction of sp³-hybridized carbons (Fsp3) is 0.909. The van der Waals surface area contributed by atoms with Gasteiger partial charge in [0.1, 0.15) is 0 Å². The molecule has 0 saturated carbocycles. The molecule has 0 unspecified atom stereocenters. The lowest BCUT2D eigenvalue weighted by Gasteiger charge is -2.22. The lowest BCUT2D eigenvalue weighted by atomic mass is 10.2. The second-order valence-corrected chi connectivity index (χ2v) is 4.28. The van der Waals surface area contributed by atoms with Crippen LogP contribution in [0.5, 0.6) is 0 Å². The third-order valence-electron chi connectivity index (χ3n) is 1.97. The third-order valence-corrected chi connectivity index (χ3v) is 1.97. The Morgan fingerprint density at radius 2 is 1.71 bits per heavy atom. The van der Waals surface area contributed by atoms with E-state index in [2.05, 4.69) is 0 Å². The zero-order valence-electron chi connectivity index (χ0n) is 10.1. The van der Waals surface area contributed by atoms with E-state index in [1.807, 2.05) is 39.5 Å². The number of rotatable bonds is 5. The minimum atomic E-state index is -0.149. The van der Waals surface area contributed by atoms with Crippen LogP contribution in [-0.4, -0.2) is 36.1 Å². The van der Waals surface area contributed by atoms with Gasteiger partial charge in [0.05, 0.1) is 18.6 Å². The van der Waals surface area contributed by atoms with Gasteiger partial charge < -0.3 is 9.64 Å². The Labute approximate surface area is 87.4 Å². The number of amides is 1. The van der Waals surface area contributed by atoms with Crippen molar-refractivity contribution in [3.8, 4) is 0 Å². The molecule has 0 spiro atoms. The summed E-state index contributed by atoms with van der Waals surface area (Å²) in [4.78, 5) is 13.4. The average Bonchev–Trinajstić information content (AvgIpc) is 2.04. The molecule has 0 aromatic rings. The summed E-state index contributed by atoms with van der Waals surface area (Å²) >= 11 is 0. The first-order valence-corrected chi connectivity index (χ1v) is 5.32. The minimum absolute atomic E-state index is 0.149. The largest absolute Gasteiger partial charge is 0.375 e. The number of hydrogen-bond donors (Lipinski definition) is 0. The molecule has 1 amide bonds. The fourth-order valence-electron chi connectivity index (χ4n) is 1.18. The Hall–Kier alpha value is -0.570. The van der Waals surface area contributed by atoms with Crippen LogP contribution in [0, 0.1) is 0 Å². The van der Waals surface area contributed by atoms with Crippen LogP contribution in [0.15, 0.2) is 0 Å². The van der Waals surface area contributed by atoms with Crippen LogP contribution in [0.1, 0.15) is 41.0 Å². The van der Waals surface area contributed by atoms with Crippen molar-refractivity contribution >= 4 is 5.91 Å². The van der Waals surface area contributed by atoms with Crippen molar-refractivity contribution < 1.29 is 9.53 Å². The molecular weight excluding hydrogens is 178 g/mol. The highest BCUT2D eigenvalue weighted by Gasteiger charge is 2.13. The van der Waals surface area contributed by atoms with Crippen LogP contribution in [0.25, 0.3) is 0 Å². The van der Waals surface area contributed by atoms with Gasteiger partial charge in [-0.3, -0.25) is 4.79 Å². The first kappa shape index (κ1) is 13.4. The monoisotopic (exact) mass is 201 g/mol. The van der Waals surface area contributed by atoms with Gasteiger partial charge in [-0.15, -0.1) is 0 Å². The quantitative estimate of drug-likeness (QED) is 0.681. The van der Waals surface area contributed by atoms with E-state index in [1.54, 1.807) is 0 Å². The summed E-state index contributed by atoms with van der Waals surface area (Å²) in [5.41, 5.74) is -0.149. The molecule has 3 nitrogen and oxygen atoms in total. The van der Waals surface area contributed by atoms with E-state index in [9.17, 15) is 4.79 Å². The SMILES string of the molecule is CCN(CC)C(=O)CCOC(C)(C)C. The molecule has 0 radical (unpaired) electrons. The Morgan fingerprint density at radius 1 is 1.21 bits per heavy atom. The maximum absolute atomic E-state index is 11.5. The second kappa shape index (κ2) is 6.02. The number of carbonyl (C=O) groups is 1. The number of ether oxygens (including phenoxy) is 1. The van der Waals surface area contributed by atoms with E-state index < -0.39 is 0 Å². The van der Waals surface area contributed by atoms with Crippen LogP contribution in [0.3, 0.4) is 0 Å². The van der Waals surface area contributed by atoms with Gasteiger partial charge in [-0.25, -0.2) is 0 Å². The molecule has 0 rings (SSSR count). The molecule has 0 fully saturated rings. The van der Waals surface area contributed by atoms with E-state index in [4.69, 9.17) is 4.74 Å². The van der Waals surface area contributed by atoms with Crippen molar-refractivity contribution in [2.75, 3.05) is 19.7 Å². The highest BCUT2D eigenvalue weighted by Crippen LogP contribution is 2.07. The molecular formula is C11H23NO2. The summed E-state index contributed by atoms with van der Waals surface area (Å²) in [6.07, 6.45) is 0.485. The molecule has 0 aromatic carbocycles. The molecule has 84 valence electrons. The molecule has 0 saturated heterocycles. The van der Waals surface area contributed by atoms with Gasteiger partial charge in [0, 0.05) is 13.1 Å². The van der Waals surface area contributed by atoms with Crippen LogP contribution in [-0.2, 0) is 9.53 Å². The molecule has 0 aliphatic heterocycles. The minimum Gasteiger partial charge on any atom is -0.375 e. The van der Waals surface area contributed by atoms with Crippen LogP contribution >= 0.6 is 0 Å². The molecule has 0 heterocycles. The van der Waals surface area contributed by atoms with Gasteiger partial charge in [-0.05, 0) is 34.6 Å². The third kappa shape index (κ3) is 5.97. The molecule has 0 aromatic heterocycles. The highest BCUT2D eigenvalue weighted by molar-refractivity contribution is 5.76. The zero-order valence-corrected chi connectivity index (χ0v) is 10.1. The molecule has 0 aliphatic rings. The Kier molecular flexibility index (Phi) is 5.77. The molecule has 14 heavy (non-hydrogen) atoms. The van der Waals surface area contributed by atoms with E-state index >= 15 is 0 Å². The first-order chi connectivity index (χ1) is 6.40. The Bertz CT molecular complexity index is 169. The maximum Gasteiger partial charge on any atom is 0.224 e. The molecule has 0 aliphatic carbocycles. The van der Waals surface area contributed by atoms with Gasteiger partial charge >= 0.3 is 0 Å². The second-order valence-electron chi connectivity index (χ2n) is 4.28. The Morgan fingerprint density at radius 3 is 2.07 bits per heavy atom. The van der Waals surface area contributed by atoms with Crippen molar-refractivity contribution in [1.82, 2.24) is 4.90 Å². The normalized spacial score (nSPS) is 11.5. The summed E-state index contributed by atoms with van der Waals surface area (Å²) in [6.45, 7) is 12.0. The van der Waals surface area contributed by atoms with E-state index in [1.165, 1.54) is 0 Å². The Balaban J connectivity index is 3.74. The van der Waals surface area contributed by atoms with E-state index in [0.717, 1.165) is 13.1 Å². The highest BCUT2D eigenvalue weighted by atomic mass is 16.5. The first-order valence-electron chi connectivity index (χ1n) is 5.32. The zero-order chi connectivity index (χ0) is 11.2.